The van der Waals surface area contributed by atoms with Gasteiger partial charge < -0.3 is 20.4 Å². The molecule has 0 aliphatic heterocycles. The number of carbonyl (C=O) groups is 1. The van der Waals surface area contributed by atoms with Crippen molar-refractivity contribution in [2.45, 2.75) is 44.2 Å². The molecule has 24 heavy (non-hydrogen) atoms. The first-order chi connectivity index (χ1) is 11.5. The summed E-state index contributed by atoms with van der Waals surface area (Å²) in [6.07, 6.45) is 5.96. The van der Waals surface area contributed by atoms with E-state index in [0.29, 0.717) is 12.6 Å². The molecule has 2 rings (SSSR count). The number of anilines is 1. The summed E-state index contributed by atoms with van der Waals surface area (Å²) in [5.74, 6) is 0. The van der Waals surface area contributed by atoms with Gasteiger partial charge >= 0.3 is 6.03 Å². The summed E-state index contributed by atoms with van der Waals surface area (Å²) in [5.41, 5.74) is 2.39. The van der Waals surface area contributed by atoms with Crippen molar-refractivity contribution in [3.63, 3.8) is 0 Å². The lowest BCUT2D eigenvalue weighted by atomic mass is 9.96. The van der Waals surface area contributed by atoms with Crippen molar-refractivity contribution in [2.75, 3.05) is 39.6 Å². The molecule has 1 aromatic rings. The summed E-state index contributed by atoms with van der Waals surface area (Å²) in [6.45, 7) is 0.604. The number of carbonyl (C=O) groups excluding carboxylic acids is 1. The van der Waals surface area contributed by atoms with E-state index in [0.717, 1.165) is 12.8 Å². The second-order valence-electron chi connectivity index (χ2n) is 7.15. The Morgan fingerprint density at radius 1 is 1.08 bits per heavy atom. The molecule has 1 aliphatic rings. The number of rotatable bonds is 6. The predicted molar refractivity (Wildman–Crippen MR) is 101 cm³/mol. The smallest absolute Gasteiger partial charge is 0.315 e. The Balaban J connectivity index is 1.89. The molecule has 1 fully saturated rings. The highest BCUT2D eigenvalue weighted by atomic mass is 16.2. The Labute approximate surface area is 146 Å². The zero-order valence-corrected chi connectivity index (χ0v) is 15.5. The highest BCUT2D eigenvalue weighted by molar-refractivity contribution is 5.74. The lowest BCUT2D eigenvalue weighted by Crippen LogP contribution is -2.45. The van der Waals surface area contributed by atoms with E-state index < -0.39 is 0 Å². The van der Waals surface area contributed by atoms with Gasteiger partial charge in [-0.15, -0.1) is 0 Å². The van der Waals surface area contributed by atoms with Gasteiger partial charge in [-0.3, -0.25) is 0 Å². The van der Waals surface area contributed by atoms with Gasteiger partial charge in [-0.2, -0.15) is 0 Å². The fraction of sp³-hybridized carbons (Fsp3) is 0.632. The van der Waals surface area contributed by atoms with Crippen LogP contribution in [0, 0.1) is 0 Å². The Kier molecular flexibility index (Phi) is 6.91. The summed E-state index contributed by atoms with van der Waals surface area (Å²) in [4.78, 5) is 16.4. The average molecular weight is 332 g/mol. The molecule has 0 heterocycles. The number of nitrogens with zero attached hydrogens (tertiary/aromatic N) is 2. The van der Waals surface area contributed by atoms with E-state index in [4.69, 9.17) is 0 Å². The third-order valence-electron chi connectivity index (χ3n) is 4.81. The molecule has 2 N–H and O–H groups in total. The molecule has 5 heteroatoms. The minimum atomic E-state index is -0.0429. The van der Waals surface area contributed by atoms with Crippen molar-refractivity contribution in [3.05, 3.63) is 29.8 Å². The van der Waals surface area contributed by atoms with E-state index in [1.54, 1.807) is 0 Å². The molecule has 1 saturated carbocycles. The molecule has 0 bridgehead atoms. The van der Waals surface area contributed by atoms with Crippen molar-refractivity contribution in [1.82, 2.24) is 15.5 Å². The number of hydrogen-bond donors (Lipinski definition) is 2. The summed E-state index contributed by atoms with van der Waals surface area (Å²) in [7, 11) is 8.17. The Morgan fingerprint density at radius 2 is 1.71 bits per heavy atom. The largest absolute Gasteiger partial charge is 0.378 e. The van der Waals surface area contributed by atoms with Gasteiger partial charge in [0.05, 0.1) is 6.04 Å². The summed E-state index contributed by atoms with van der Waals surface area (Å²) in [5, 5.41) is 6.16. The predicted octanol–water partition coefficient (Wildman–Crippen LogP) is 2.99. The van der Waals surface area contributed by atoms with Gasteiger partial charge in [-0.05, 0) is 44.6 Å². The van der Waals surface area contributed by atoms with Crippen LogP contribution in [-0.4, -0.2) is 51.7 Å². The fourth-order valence-corrected chi connectivity index (χ4v) is 3.27. The third-order valence-corrected chi connectivity index (χ3v) is 4.81. The molecule has 0 saturated heterocycles. The molecule has 0 aromatic heterocycles. The molecule has 134 valence electrons. The maximum Gasteiger partial charge on any atom is 0.315 e. The van der Waals surface area contributed by atoms with Crippen LogP contribution in [0.4, 0.5) is 10.5 Å². The van der Waals surface area contributed by atoms with Crippen molar-refractivity contribution >= 4 is 11.7 Å². The molecule has 5 nitrogen and oxygen atoms in total. The van der Waals surface area contributed by atoms with Crippen LogP contribution in [0.3, 0.4) is 0 Å². The van der Waals surface area contributed by atoms with Crippen LogP contribution in [-0.2, 0) is 0 Å². The second kappa shape index (κ2) is 8.92. The third kappa shape index (κ3) is 5.41. The van der Waals surface area contributed by atoms with Crippen molar-refractivity contribution < 1.29 is 4.79 Å². The maximum atomic E-state index is 12.2. The van der Waals surface area contributed by atoms with E-state index in [-0.39, 0.29) is 12.1 Å². The van der Waals surface area contributed by atoms with Gasteiger partial charge in [0.1, 0.15) is 0 Å². The van der Waals surface area contributed by atoms with Crippen LogP contribution in [0.25, 0.3) is 0 Å². The molecule has 0 spiro atoms. The Bertz CT molecular complexity index is 507. The number of likely N-dealkylation sites (N-methyl/N-ethyl adjacent to an activating group) is 1. The van der Waals surface area contributed by atoms with Gasteiger partial charge in [-0.25, -0.2) is 4.79 Å². The minimum Gasteiger partial charge on any atom is -0.378 e. The monoisotopic (exact) mass is 332 g/mol. The lowest BCUT2D eigenvalue weighted by molar-refractivity contribution is 0.225. The molecule has 0 radical (unpaired) electrons. The Hall–Kier alpha value is -1.75. The van der Waals surface area contributed by atoms with Crippen LogP contribution < -0.4 is 15.5 Å². The van der Waals surface area contributed by atoms with E-state index in [1.165, 1.54) is 30.5 Å². The standard InChI is InChI=1S/C19H32N4O/c1-22(2)17-12-10-15(11-13-17)18(23(3)4)14-20-19(24)21-16-8-6-5-7-9-16/h10-13,16,18H,5-9,14H2,1-4H3,(H2,20,21,24). The second-order valence-corrected chi connectivity index (χ2v) is 7.15. The molecular weight excluding hydrogens is 300 g/mol. The van der Waals surface area contributed by atoms with E-state index in [2.05, 4.69) is 44.7 Å². The van der Waals surface area contributed by atoms with E-state index in [1.807, 2.05) is 28.2 Å². The molecule has 1 atom stereocenters. The topological polar surface area (TPSA) is 47.6 Å². The average Bonchev–Trinajstić information content (AvgIpc) is 2.56. The van der Waals surface area contributed by atoms with Crippen LogP contribution in [0.5, 0.6) is 0 Å². The maximum absolute atomic E-state index is 12.2. The summed E-state index contributed by atoms with van der Waals surface area (Å²) >= 11 is 0. The first kappa shape index (κ1) is 18.6. The SMILES string of the molecule is CN(C)c1ccc(C(CNC(=O)NC2CCCCC2)N(C)C)cc1. The number of amides is 2. The van der Waals surface area contributed by atoms with Crippen molar-refractivity contribution in [3.8, 4) is 0 Å². The highest BCUT2D eigenvalue weighted by Gasteiger charge is 2.18. The lowest BCUT2D eigenvalue weighted by Gasteiger charge is -2.27. The van der Waals surface area contributed by atoms with Crippen LogP contribution in [0.15, 0.2) is 24.3 Å². The summed E-state index contributed by atoms with van der Waals surface area (Å²) in [6, 6.07) is 8.98. The zero-order chi connectivity index (χ0) is 17.5. The first-order valence-corrected chi connectivity index (χ1v) is 8.95. The molecule has 1 unspecified atom stereocenters. The normalized spacial score (nSPS) is 16.7. The van der Waals surface area contributed by atoms with Gasteiger partial charge in [-0.1, -0.05) is 31.4 Å². The molecule has 2 amide bonds. The van der Waals surface area contributed by atoms with Crippen LogP contribution in [0.2, 0.25) is 0 Å². The first-order valence-electron chi connectivity index (χ1n) is 8.95. The zero-order valence-electron chi connectivity index (χ0n) is 15.5. The number of nitrogens with one attached hydrogen (secondary N) is 2. The van der Waals surface area contributed by atoms with Crippen LogP contribution in [0.1, 0.15) is 43.7 Å². The highest BCUT2D eigenvalue weighted by Crippen LogP contribution is 2.21. The van der Waals surface area contributed by atoms with Gasteiger partial charge in [0, 0.05) is 32.4 Å². The number of urea groups is 1. The van der Waals surface area contributed by atoms with Crippen molar-refractivity contribution in [1.29, 1.82) is 0 Å². The number of benzene rings is 1. The van der Waals surface area contributed by atoms with E-state index in [9.17, 15) is 4.79 Å². The van der Waals surface area contributed by atoms with Gasteiger partial charge in [0.2, 0.25) is 0 Å². The Morgan fingerprint density at radius 3 is 2.25 bits per heavy atom. The van der Waals surface area contributed by atoms with Gasteiger partial charge in [0.25, 0.3) is 0 Å². The minimum absolute atomic E-state index is 0.0429. The molecule has 1 aliphatic carbocycles. The van der Waals surface area contributed by atoms with Crippen LogP contribution >= 0.6 is 0 Å². The molecule has 1 aromatic carbocycles. The van der Waals surface area contributed by atoms with Crippen molar-refractivity contribution in [2.24, 2.45) is 0 Å². The van der Waals surface area contributed by atoms with Gasteiger partial charge in [0.15, 0.2) is 0 Å². The molecular formula is C19H32N4O. The quantitative estimate of drug-likeness (QED) is 0.842. The fourth-order valence-electron chi connectivity index (χ4n) is 3.27. The van der Waals surface area contributed by atoms with E-state index >= 15 is 0 Å². The number of hydrogen-bond acceptors (Lipinski definition) is 3. The summed E-state index contributed by atoms with van der Waals surface area (Å²) < 4.78 is 0.